The van der Waals surface area contributed by atoms with Gasteiger partial charge in [-0.1, -0.05) is 67.2 Å². The van der Waals surface area contributed by atoms with Gasteiger partial charge in [0.1, 0.15) is 18.3 Å². The number of rotatable bonds is 15. The van der Waals surface area contributed by atoms with Gasteiger partial charge in [-0.05, 0) is 75.2 Å². The molecule has 0 saturated heterocycles. The first-order valence-corrected chi connectivity index (χ1v) is 16.5. The lowest BCUT2D eigenvalue weighted by Crippen LogP contribution is -2.52. The molecule has 0 unspecified atom stereocenters. The predicted octanol–water partition coefficient (Wildman–Crippen LogP) is 6.62. The summed E-state index contributed by atoms with van der Waals surface area (Å²) in [6.45, 7) is 7.80. The van der Waals surface area contributed by atoms with Gasteiger partial charge in [0.15, 0.2) is 0 Å². The quantitative estimate of drug-likeness (QED) is 0.187. The summed E-state index contributed by atoms with van der Waals surface area (Å²) in [5, 5.41) is 3.58. The van der Waals surface area contributed by atoms with Crippen LogP contribution < -0.4 is 14.4 Å². The minimum atomic E-state index is -4.21. The molecule has 0 aliphatic heterocycles. The number of hydrogen-bond acceptors (Lipinski definition) is 5. The lowest BCUT2D eigenvalue weighted by Gasteiger charge is -2.33. The number of unbranched alkanes of at least 4 members (excludes halogenated alkanes) is 1. The van der Waals surface area contributed by atoms with E-state index in [0.717, 1.165) is 22.7 Å². The van der Waals surface area contributed by atoms with Crippen LogP contribution >= 0.6 is 23.2 Å². The van der Waals surface area contributed by atoms with Gasteiger partial charge < -0.3 is 15.0 Å². The summed E-state index contributed by atoms with van der Waals surface area (Å²) in [6.07, 6.45) is 1.97. The van der Waals surface area contributed by atoms with E-state index in [9.17, 15) is 18.0 Å². The molecule has 0 radical (unpaired) electrons. The van der Waals surface area contributed by atoms with E-state index in [2.05, 4.69) is 5.32 Å². The largest absolute Gasteiger partial charge is 0.494 e. The molecule has 1 N–H and O–H groups in total. The van der Waals surface area contributed by atoms with E-state index in [0.29, 0.717) is 46.6 Å². The van der Waals surface area contributed by atoms with Gasteiger partial charge in [-0.2, -0.15) is 0 Å². The van der Waals surface area contributed by atoms with Gasteiger partial charge in [0.2, 0.25) is 11.8 Å². The lowest BCUT2D eigenvalue weighted by molar-refractivity contribution is -0.140. The molecule has 11 heteroatoms. The highest BCUT2D eigenvalue weighted by atomic mass is 35.5. The van der Waals surface area contributed by atoms with E-state index in [-0.39, 0.29) is 17.3 Å². The van der Waals surface area contributed by atoms with Crippen molar-refractivity contribution in [3.63, 3.8) is 0 Å². The standard InChI is InChI=1S/C32H39Cl2N3O5S/c1-5-8-20-35-32(39)30(6-2)36(21-27-28(33)10-9-11-29(27)34)31(38)22-37(24-14-12-23(4)13-15-24)43(40,41)26-18-16-25(17-19-26)42-7-3/h9-19,30H,5-8,20-22H2,1-4H3,(H,35,39)/t30-/m0/s1. The second-order valence-electron chi connectivity index (χ2n) is 10.0. The summed E-state index contributed by atoms with van der Waals surface area (Å²) in [4.78, 5) is 28.9. The molecule has 0 aliphatic rings. The number of amides is 2. The second kappa shape index (κ2) is 16.0. The Morgan fingerprint density at radius 2 is 1.56 bits per heavy atom. The Morgan fingerprint density at radius 1 is 0.930 bits per heavy atom. The molecule has 2 amide bonds. The Morgan fingerprint density at radius 3 is 2.12 bits per heavy atom. The maximum absolute atomic E-state index is 14.2. The van der Waals surface area contributed by atoms with Crippen molar-refractivity contribution >= 4 is 50.7 Å². The Hall–Kier alpha value is -3.27. The van der Waals surface area contributed by atoms with Gasteiger partial charge in [-0.25, -0.2) is 8.42 Å². The van der Waals surface area contributed by atoms with Gasteiger partial charge in [-0.3, -0.25) is 13.9 Å². The number of benzene rings is 3. The molecule has 0 heterocycles. The van der Waals surface area contributed by atoms with E-state index < -0.39 is 28.5 Å². The second-order valence-corrected chi connectivity index (χ2v) is 12.7. The first-order valence-electron chi connectivity index (χ1n) is 14.4. The molecule has 0 spiro atoms. The van der Waals surface area contributed by atoms with Gasteiger partial charge in [-0.15, -0.1) is 0 Å². The van der Waals surface area contributed by atoms with Crippen LogP contribution in [0.15, 0.2) is 71.6 Å². The number of nitrogens with one attached hydrogen (secondary N) is 1. The van der Waals surface area contributed by atoms with Crippen LogP contribution in [0.25, 0.3) is 0 Å². The first-order chi connectivity index (χ1) is 20.5. The molecule has 0 fully saturated rings. The topological polar surface area (TPSA) is 96.0 Å². The highest BCUT2D eigenvalue weighted by Crippen LogP contribution is 2.29. The van der Waals surface area contributed by atoms with Crippen molar-refractivity contribution < 1.29 is 22.7 Å². The number of ether oxygens (including phenoxy) is 1. The molecule has 0 saturated carbocycles. The number of sulfonamides is 1. The number of anilines is 1. The monoisotopic (exact) mass is 647 g/mol. The van der Waals surface area contributed by atoms with Crippen LogP contribution in [0.3, 0.4) is 0 Å². The van der Waals surface area contributed by atoms with Gasteiger partial charge >= 0.3 is 0 Å². The average Bonchev–Trinajstić information content (AvgIpc) is 2.98. The number of halogens is 2. The van der Waals surface area contributed by atoms with Crippen LogP contribution in [0, 0.1) is 6.92 Å². The zero-order valence-electron chi connectivity index (χ0n) is 25.0. The van der Waals surface area contributed by atoms with E-state index in [1.54, 1.807) is 61.5 Å². The highest BCUT2D eigenvalue weighted by molar-refractivity contribution is 7.92. The summed E-state index contributed by atoms with van der Waals surface area (Å²) >= 11 is 12.9. The molecule has 3 rings (SSSR count). The normalized spacial score (nSPS) is 12.0. The van der Waals surface area contributed by atoms with Crippen LogP contribution in [0.4, 0.5) is 5.69 Å². The number of carbonyl (C=O) groups is 2. The third-order valence-electron chi connectivity index (χ3n) is 6.93. The fourth-order valence-electron chi connectivity index (χ4n) is 4.52. The summed E-state index contributed by atoms with van der Waals surface area (Å²) in [7, 11) is -4.21. The van der Waals surface area contributed by atoms with E-state index in [4.69, 9.17) is 27.9 Å². The van der Waals surface area contributed by atoms with Crippen LogP contribution in [0.5, 0.6) is 5.75 Å². The van der Waals surface area contributed by atoms with Crippen molar-refractivity contribution in [3.8, 4) is 5.75 Å². The van der Waals surface area contributed by atoms with E-state index in [1.165, 1.54) is 17.0 Å². The van der Waals surface area contributed by atoms with Crippen LogP contribution in [0.2, 0.25) is 10.0 Å². The zero-order chi connectivity index (χ0) is 31.6. The molecular weight excluding hydrogens is 609 g/mol. The SMILES string of the molecule is CCCCNC(=O)[C@H](CC)N(Cc1c(Cl)cccc1Cl)C(=O)CN(c1ccc(C)cc1)S(=O)(=O)c1ccc(OCC)cc1. The molecule has 1 atom stereocenters. The fourth-order valence-corrected chi connectivity index (χ4v) is 6.45. The molecule has 0 aliphatic carbocycles. The molecule has 43 heavy (non-hydrogen) atoms. The molecule has 0 aromatic heterocycles. The predicted molar refractivity (Wildman–Crippen MR) is 172 cm³/mol. The molecule has 0 bridgehead atoms. The van der Waals surface area contributed by atoms with Crippen LogP contribution in [0.1, 0.15) is 51.2 Å². The maximum atomic E-state index is 14.2. The van der Waals surface area contributed by atoms with E-state index >= 15 is 0 Å². The summed E-state index contributed by atoms with van der Waals surface area (Å²) < 4.78 is 34.6. The van der Waals surface area contributed by atoms with Crippen molar-refractivity contribution in [3.05, 3.63) is 87.9 Å². The molecule has 8 nitrogen and oxygen atoms in total. The summed E-state index contributed by atoms with van der Waals surface area (Å²) in [5.74, 6) is -0.380. The Bertz CT molecular complexity index is 1460. The maximum Gasteiger partial charge on any atom is 0.264 e. The van der Waals surface area contributed by atoms with E-state index in [1.807, 2.05) is 20.8 Å². The van der Waals surface area contributed by atoms with Crippen molar-refractivity contribution in [2.24, 2.45) is 0 Å². The van der Waals surface area contributed by atoms with Crippen LogP contribution in [-0.2, 0) is 26.2 Å². The average molecular weight is 649 g/mol. The molecule has 3 aromatic carbocycles. The Balaban J connectivity index is 2.06. The van der Waals surface area contributed by atoms with Gasteiger partial charge in [0.25, 0.3) is 10.0 Å². The van der Waals surface area contributed by atoms with Crippen molar-refractivity contribution in [2.75, 3.05) is 24.0 Å². The minimum absolute atomic E-state index is 0.00521. The molecular formula is C32H39Cl2N3O5S. The molecule has 3 aromatic rings. The smallest absolute Gasteiger partial charge is 0.264 e. The van der Waals surface area contributed by atoms with Crippen molar-refractivity contribution in [2.45, 2.75) is 64.4 Å². The fraction of sp³-hybridized carbons (Fsp3) is 0.375. The third-order valence-corrected chi connectivity index (χ3v) is 9.43. The van der Waals surface area contributed by atoms with Crippen LogP contribution in [-0.4, -0.2) is 50.9 Å². The first kappa shape index (κ1) is 34.2. The number of carbonyl (C=O) groups excluding carboxylic acids is 2. The number of aryl methyl sites for hydroxylation is 1. The highest BCUT2D eigenvalue weighted by Gasteiger charge is 2.34. The lowest BCUT2D eigenvalue weighted by atomic mass is 10.1. The summed E-state index contributed by atoms with van der Waals surface area (Å²) in [5.41, 5.74) is 1.71. The Kier molecular flexibility index (Phi) is 12.7. The molecule has 232 valence electrons. The van der Waals surface area contributed by atoms with Gasteiger partial charge in [0, 0.05) is 28.7 Å². The summed E-state index contributed by atoms with van der Waals surface area (Å²) in [6, 6.07) is 17.0. The number of nitrogens with zero attached hydrogens (tertiary/aromatic N) is 2. The minimum Gasteiger partial charge on any atom is -0.494 e. The van der Waals surface area contributed by atoms with Crippen molar-refractivity contribution in [1.29, 1.82) is 0 Å². The van der Waals surface area contributed by atoms with Gasteiger partial charge in [0.05, 0.1) is 17.2 Å². The van der Waals surface area contributed by atoms with Crippen molar-refractivity contribution in [1.82, 2.24) is 10.2 Å². The third kappa shape index (κ3) is 8.87. The zero-order valence-corrected chi connectivity index (χ0v) is 27.3. The number of hydrogen-bond donors (Lipinski definition) is 1. The Labute approximate surface area is 265 Å².